The van der Waals surface area contributed by atoms with Gasteiger partial charge in [0.15, 0.2) is 11.1 Å². The molecule has 0 aliphatic carbocycles. The normalized spacial score (nSPS) is 16.8. The van der Waals surface area contributed by atoms with Crippen molar-refractivity contribution in [2.75, 3.05) is 13.2 Å². The third kappa shape index (κ3) is 9.62. The summed E-state index contributed by atoms with van der Waals surface area (Å²) in [5, 5.41) is 24.7. The molecule has 0 bridgehead atoms. The standard InChI is InChI=1S/C8H12N4.C7H10O3/c1-7(2,5-9)11-12-8(3,4)6-10;1-5(2)7(8)10-4-6-3-9-6/h1-4H3;6H,1,3-4H2,2H3. The summed E-state index contributed by atoms with van der Waals surface area (Å²) in [6.07, 6.45) is 0.142. The molecule has 0 N–H and O–H groups in total. The van der Waals surface area contributed by atoms with E-state index in [2.05, 4.69) is 16.8 Å². The summed E-state index contributed by atoms with van der Waals surface area (Å²) in [4.78, 5) is 10.7. The van der Waals surface area contributed by atoms with Crippen LogP contribution in [0.4, 0.5) is 0 Å². The van der Waals surface area contributed by atoms with Crippen LogP contribution in [-0.2, 0) is 14.3 Å². The SMILES string of the molecule is C=C(C)C(=O)OCC1CO1.CC(C)(C#N)N=NC(C)(C)C#N. The molecule has 1 aliphatic rings. The van der Waals surface area contributed by atoms with Crippen LogP contribution >= 0.6 is 0 Å². The van der Waals surface area contributed by atoms with E-state index >= 15 is 0 Å². The van der Waals surface area contributed by atoms with E-state index in [1.165, 1.54) is 0 Å². The van der Waals surface area contributed by atoms with Gasteiger partial charge in [-0.25, -0.2) is 4.79 Å². The largest absolute Gasteiger partial charge is 0.459 e. The summed E-state index contributed by atoms with van der Waals surface area (Å²) in [5.41, 5.74) is -1.25. The average Bonchev–Trinajstić information content (AvgIpc) is 3.27. The Morgan fingerprint density at radius 3 is 1.95 bits per heavy atom. The summed E-state index contributed by atoms with van der Waals surface area (Å²) >= 11 is 0. The zero-order valence-electron chi connectivity index (χ0n) is 13.7. The van der Waals surface area contributed by atoms with Crippen molar-refractivity contribution in [3.05, 3.63) is 12.2 Å². The molecule has 120 valence electrons. The predicted molar refractivity (Wildman–Crippen MR) is 79.8 cm³/mol. The first-order valence-electron chi connectivity index (χ1n) is 6.74. The Hall–Kier alpha value is -2.25. The van der Waals surface area contributed by atoms with Crippen molar-refractivity contribution in [3.8, 4) is 12.1 Å². The Labute approximate surface area is 131 Å². The highest BCUT2D eigenvalue weighted by molar-refractivity contribution is 5.86. The average molecular weight is 306 g/mol. The highest BCUT2D eigenvalue weighted by atomic mass is 16.6. The maximum absolute atomic E-state index is 10.7. The summed E-state index contributed by atoms with van der Waals surface area (Å²) in [7, 11) is 0. The number of carbonyl (C=O) groups excluding carboxylic acids is 1. The Balaban J connectivity index is 0.000000406. The van der Waals surface area contributed by atoms with Crippen LogP contribution in [0.2, 0.25) is 0 Å². The lowest BCUT2D eigenvalue weighted by Gasteiger charge is -2.11. The summed E-state index contributed by atoms with van der Waals surface area (Å²) in [6, 6.07) is 3.94. The molecule has 7 heteroatoms. The van der Waals surface area contributed by atoms with E-state index in [0.29, 0.717) is 18.8 Å². The third-order valence-corrected chi connectivity index (χ3v) is 2.25. The molecule has 0 aromatic rings. The number of hydrogen-bond acceptors (Lipinski definition) is 7. The molecule has 1 rings (SSSR count). The lowest BCUT2D eigenvalue weighted by molar-refractivity contribution is -0.139. The lowest BCUT2D eigenvalue weighted by atomic mass is 10.1. The van der Waals surface area contributed by atoms with E-state index in [1.54, 1.807) is 34.6 Å². The van der Waals surface area contributed by atoms with Crippen molar-refractivity contribution < 1.29 is 14.3 Å². The maximum Gasteiger partial charge on any atom is 0.333 e. The fraction of sp³-hybridized carbons (Fsp3) is 0.667. The highest BCUT2D eigenvalue weighted by Crippen LogP contribution is 2.13. The first-order valence-corrected chi connectivity index (χ1v) is 6.74. The van der Waals surface area contributed by atoms with Gasteiger partial charge >= 0.3 is 5.97 Å². The molecule has 22 heavy (non-hydrogen) atoms. The number of epoxide rings is 1. The number of ether oxygens (including phenoxy) is 2. The van der Waals surface area contributed by atoms with Gasteiger partial charge in [0.2, 0.25) is 0 Å². The smallest absolute Gasteiger partial charge is 0.333 e. The van der Waals surface area contributed by atoms with E-state index < -0.39 is 11.1 Å². The van der Waals surface area contributed by atoms with Crippen molar-refractivity contribution in [1.29, 1.82) is 10.5 Å². The quantitative estimate of drug-likeness (QED) is 0.335. The number of esters is 1. The van der Waals surface area contributed by atoms with Crippen molar-refractivity contribution >= 4 is 5.97 Å². The minimum Gasteiger partial charge on any atom is -0.459 e. The van der Waals surface area contributed by atoms with Crippen molar-refractivity contribution in [2.24, 2.45) is 10.2 Å². The van der Waals surface area contributed by atoms with Crippen molar-refractivity contribution in [1.82, 2.24) is 0 Å². The number of nitriles is 2. The molecule has 0 amide bonds. The second-order valence-electron chi connectivity index (χ2n) is 5.88. The number of carbonyl (C=O) groups is 1. The van der Waals surface area contributed by atoms with Gasteiger partial charge in [0, 0.05) is 5.57 Å². The van der Waals surface area contributed by atoms with Crippen LogP contribution in [-0.4, -0.2) is 36.4 Å². The molecular weight excluding hydrogens is 284 g/mol. The van der Waals surface area contributed by atoms with E-state index in [0.717, 1.165) is 0 Å². The topological polar surface area (TPSA) is 111 Å². The second kappa shape index (κ2) is 8.26. The van der Waals surface area contributed by atoms with Crippen LogP contribution in [0.5, 0.6) is 0 Å². The molecule has 0 aromatic heterocycles. The molecule has 1 saturated heterocycles. The van der Waals surface area contributed by atoms with Crippen molar-refractivity contribution in [3.63, 3.8) is 0 Å². The zero-order chi connectivity index (χ0) is 17.4. The van der Waals surface area contributed by atoms with Gasteiger partial charge in [0.25, 0.3) is 0 Å². The minimum absolute atomic E-state index is 0.142. The third-order valence-electron chi connectivity index (χ3n) is 2.25. The van der Waals surface area contributed by atoms with Gasteiger partial charge in [-0.3, -0.25) is 0 Å². The van der Waals surface area contributed by atoms with Crippen molar-refractivity contribution in [2.45, 2.75) is 51.8 Å². The van der Waals surface area contributed by atoms with E-state index in [-0.39, 0.29) is 12.1 Å². The van der Waals surface area contributed by atoms with Gasteiger partial charge in [-0.05, 0) is 34.6 Å². The predicted octanol–water partition coefficient (Wildman–Crippen LogP) is 2.55. The van der Waals surface area contributed by atoms with Crippen LogP contribution in [0.25, 0.3) is 0 Å². The van der Waals surface area contributed by atoms with Gasteiger partial charge in [-0.15, -0.1) is 0 Å². The van der Waals surface area contributed by atoms with E-state index in [1.807, 2.05) is 12.1 Å². The number of azo groups is 1. The van der Waals surface area contributed by atoms with E-state index in [4.69, 9.17) is 20.0 Å². The van der Waals surface area contributed by atoms with Crippen LogP contribution < -0.4 is 0 Å². The van der Waals surface area contributed by atoms with Gasteiger partial charge in [0.05, 0.1) is 18.7 Å². The summed E-state index contributed by atoms with van der Waals surface area (Å²) in [6.45, 7) is 12.7. The molecule has 0 aromatic carbocycles. The van der Waals surface area contributed by atoms with Crippen LogP contribution in [0.15, 0.2) is 22.4 Å². The first-order chi connectivity index (χ1) is 10.0. The van der Waals surface area contributed by atoms with Gasteiger partial charge in [0.1, 0.15) is 12.7 Å². The molecule has 1 unspecified atom stereocenters. The minimum atomic E-state index is -0.839. The Morgan fingerprint density at radius 2 is 1.68 bits per heavy atom. The highest BCUT2D eigenvalue weighted by Gasteiger charge is 2.24. The fourth-order valence-corrected chi connectivity index (χ4v) is 0.751. The summed E-state index contributed by atoms with van der Waals surface area (Å²) < 4.78 is 9.60. The fourth-order valence-electron chi connectivity index (χ4n) is 0.751. The molecule has 1 heterocycles. The number of rotatable bonds is 5. The van der Waals surface area contributed by atoms with Gasteiger partial charge in [-0.2, -0.15) is 20.8 Å². The number of hydrogen-bond donors (Lipinski definition) is 0. The van der Waals surface area contributed by atoms with Crippen LogP contribution in [0.1, 0.15) is 34.6 Å². The first kappa shape index (κ1) is 19.8. The van der Waals surface area contributed by atoms with E-state index in [9.17, 15) is 4.79 Å². The van der Waals surface area contributed by atoms with Gasteiger partial charge < -0.3 is 9.47 Å². The molecular formula is C15H22N4O3. The molecule has 0 radical (unpaired) electrons. The molecule has 1 fully saturated rings. The molecule has 1 aliphatic heterocycles. The molecule has 1 atom stereocenters. The molecule has 0 saturated carbocycles. The van der Waals surface area contributed by atoms with Crippen LogP contribution in [0, 0.1) is 22.7 Å². The van der Waals surface area contributed by atoms with Gasteiger partial charge in [-0.1, -0.05) is 6.58 Å². The molecule has 7 nitrogen and oxygen atoms in total. The monoisotopic (exact) mass is 306 g/mol. The Bertz CT molecular complexity index is 492. The van der Waals surface area contributed by atoms with Crippen LogP contribution in [0.3, 0.4) is 0 Å². The lowest BCUT2D eigenvalue weighted by Crippen LogP contribution is -2.17. The molecule has 0 spiro atoms. The Kier molecular flexibility index (Phi) is 7.41. The number of nitrogens with zero attached hydrogens (tertiary/aromatic N) is 4. The summed E-state index contributed by atoms with van der Waals surface area (Å²) in [5.74, 6) is -0.337. The Morgan fingerprint density at radius 1 is 1.27 bits per heavy atom. The second-order valence-corrected chi connectivity index (χ2v) is 5.88. The zero-order valence-corrected chi connectivity index (χ0v) is 13.7. The maximum atomic E-state index is 10.7.